The molecule has 0 aliphatic carbocycles. The Morgan fingerprint density at radius 2 is 2.00 bits per heavy atom. The SMILES string of the molecule is CC(C)(CCC(=O)NC1(CC(=O)O)CCOC1)c1ccccc1. The summed E-state index contributed by atoms with van der Waals surface area (Å²) in [6, 6.07) is 10.1. The molecular weight excluding hydrogens is 294 g/mol. The number of carbonyl (C=O) groups is 2. The van der Waals surface area contributed by atoms with E-state index in [2.05, 4.69) is 31.3 Å². The quantitative estimate of drug-likeness (QED) is 0.809. The Kier molecular flexibility index (Phi) is 5.42. The summed E-state index contributed by atoms with van der Waals surface area (Å²) < 4.78 is 5.30. The molecule has 23 heavy (non-hydrogen) atoms. The van der Waals surface area contributed by atoms with E-state index in [1.807, 2.05) is 18.2 Å². The Morgan fingerprint density at radius 3 is 2.57 bits per heavy atom. The molecule has 2 N–H and O–H groups in total. The molecule has 5 nitrogen and oxygen atoms in total. The number of rotatable bonds is 7. The van der Waals surface area contributed by atoms with Gasteiger partial charge in [0.25, 0.3) is 0 Å². The van der Waals surface area contributed by atoms with E-state index < -0.39 is 11.5 Å². The van der Waals surface area contributed by atoms with E-state index in [0.717, 1.165) is 0 Å². The highest BCUT2D eigenvalue weighted by Crippen LogP contribution is 2.29. The first-order valence-electron chi connectivity index (χ1n) is 7.99. The molecule has 1 aliphatic rings. The molecule has 1 amide bonds. The van der Waals surface area contributed by atoms with Crippen molar-refractivity contribution in [2.75, 3.05) is 13.2 Å². The van der Waals surface area contributed by atoms with Crippen molar-refractivity contribution in [3.8, 4) is 0 Å². The van der Waals surface area contributed by atoms with Crippen LogP contribution in [-0.2, 0) is 19.7 Å². The minimum Gasteiger partial charge on any atom is -0.481 e. The third-order valence-corrected chi connectivity index (χ3v) is 4.53. The Bertz CT molecular complexity index is 547. The van der Waals surface area contributed by atoms with Gasteiger partial charge in [-0.15, -0.1) is 0 Å². The van der Waals surface area contributed by atoms with Crippen molar-refractivity contribution in [3.05, 3.63) is 35.9 Å². The van der Waals surface area contributed by atoms with E-state index in [4.69, 9.17) is 9.84 Å². The van der Waals surface area contributed by atoms with Gasteiger partial charge >= 0.3 is 5.97 Å². The van der Waals surface area contributed by atoms with E-state index in [-0.39, 0.29) is 24.3 Å². The van der Waals surface area contributed by atoms with Crippen LogP contribution in [0.3, 0.4) is 0 Å². The second-order valence-electron chi connectivity index (χ2n) is 6.95. The van der Waals surface area contributed by atoms with Gasteiger partial charge in [-0.2, -0.15) is 0 Å². The summed E-state index contributed by atoms with van der Waals surface area (Å²) in [6.45, 7) is 4.98. The fraction of sp³-hybridized carbons (Fsp3) is 0.556. The summed E-state index contributed by atoms with van der Waals surface area (Å²) in [7, 11) is 0. The Morgan fingerprint density at radius 1 is 1.30 bits per heavy atom. The summed E-state index contributed by atoms with van der Waals surface area (Å²) in [5.41, 5.74) is 0.335. The highest BCUT2D eigenvalue weighted by molar-refractivity contribution is 5.78. The van der Waals surface area contributed by atoms with Crippen LogP contribution >= 0.6 is 0 Å². The molecule has 0 bridgehead atoms. The average Bonchev–Trinajstić information content (AvgIpc) is 2.93. The molecule has 0 spiro atoms. The summed E-state index contributed by atoms with van der Waals surface area (Å²) in [6.07, 6.45) is 1.52. The van der Waals surface area contributed by atoms with Gasteiger partial charge in [-0.05, 0) is 23.8 Å². The lowest BCUT2D eigenvalue weighted by molar-refractivity contribution is -0.139. The third-order valence-electron chi connectivity index (χ3n) is 4.53. The molecule has 1 atom stereocenters. The number of benzene rings is 1. The van der Waals surface area contributed by atoms with E-state index in [0.29, 0.717) is 25.9 Å². The standard InChI is InChI=1S/C18H25NO4/c1-17(2,14-6-4-3-5-7-14)9-8-15(20)19-18(12-16(21)22)10-11-23-13-18/h3-7H,8-13H2,1-2H3,(H,19,20)(H,21,22). The fourth-order valence-electron chi connectivity index (χ4n) is 3.00. The number of nitrogens with one attached hydrogen (secondary N) is 1. The van der Waals surface area contributed by atoms with Gasteiger partial charge in [0.15, 0.2) is 0 Å². The normalized spacial score (nSPS) is 21.1. The van der Waals surface area contributed by atoms with E-state index in [9.17, 15) is 9.59 Å². The predicted molar refractivity (Wildman–Crippen MR) is 87.3 cm³/mol. The molecule has 0 radical (unpaired) electrons. The van der Waals surface area contributed by atoms with Gasteiger partial charge < -0.3 is 15.2 Å². The van der Waals surface area contributed by atoms with Crippen molar-refractivity contribution in [2.45, 2.75) is 50.5 Å². The molecule has 1 aromatic rings. The van der Waals surface area contributed by atoms with Crippen LogP contribution in [0.5, 0.6) is 0 Å². The maximum Gasteiger partial charge on any atom is 0.305 e. The van der Waals surface area contributed by atoms with Crippen molar-refractivity contribution in [3.63, 3.8) is 0 Å². The first-order valence-corrected chi connectivity index (χ1v) is 7.99. The molecule has 1 saturated heterocycles. The van der Waals surface area contributed by atoms with Crippen LogP contribution in [0.15, 0.2) is 30.3 Å². The number of carbonyl (C=O) groups excluding carboxylic acids is 1. The molecule has 0 aromatic heterocycles. The summed E-state index contributed by atoms with van der Waals surface area (Å²) in [5.74, 6) is -1.03. The third kappa shape index (κ3) is 4.79. The van der Waals surface area contributed by atoms with Gasteiger partial charge in [0, 0.05) is 13.0 Å². The number of carboxylic acids is 1. The first kappa shape index (κ1) is 17.5. The van der Waals surface area contributed by atoms with Gasteiger partial charge in [-0.3, -0.25) is 9.59 Å². The highest BCUT2D eigenvalue weighted by atomic mass is 16.5. The molecule has 0 saturated carbocycles. The Balaban J connectivity index is 1.92. The lowest BCUT2D eigenvalue weighted by Gasteiger charge is -2.29. The first-order chi connectivity index (χ1) is 10.8. The van der Waals surface area contributed by atoms with Crippen LogP contribution < -0.4 is 5.32 Å². The second kappa shape index (κ2) is 7.13. The Hall–Kier alpha value is -1.88. The van der Waals surface area contributed by atoms with Gasteiger partial charge in [-0.1, -0.05) is 44.2 Å². The molecule has 1 fully saturated rings. The van der Waals surface area contributed by atoms with Crippen molar-refractivity contribution in [2.24, 2.45) is 0 Å². The molecule has 1 heterocycles. The predicted octanol–water partition coefficient (Wildman–Crippen LogP) is 2.49. The summed E-state index contributed by atoms with van der Waals surface area (Å²) >= 11 is 0. The lowest BCUT2D eigenvalue weighted by atomic mass is 9.80. The Labute approximate surface area is 137 Å². The van der Waals surface area contributed by atoms with Gasteiger partial charge in [0.2, 0.25) is 5.91 Å². The van der Waals surface area contributed by atoms with Crippen LogP contribution in [0.1, 0.15) is 45.1 Å². The second-order valence-corrected chi connectivity index (χ2v) is 6.95. The minimum atomic E-state index is -0.916. The molecule has 126 valence electrons. The number of ether oxygens (including phenoxy) is 1. The zero-order chi connectivity index (χ0) is 16.9. The van der Waals surface area contributed by atoms with Crippen LogP contribution in [0.25, 0.3) is 0 Å². The van der Waals surface area contributed by atoms with Crippen LogP contribution in [0.4, 0.5) is 0 Å². The lowest BCUT2D eigenvalue weighted by Crippen LogP contribution is -2.50. The van der Waals surface area contributed by atoms with E-state index in [1.165, 1.54) is 5.56 Å². The molecule has 1 aliphatic heterocycles. The zero-order valence-electron chi connectivity index (χ0n) is 13.8. The number of hydrogen-bond donors (Lipinski definition) is 2. The number of carboxylic acid groups (broad SMARTS) is 1. The zero-order valence-corrected chi connectivity index (χ0v) is 13.8. The molecule has 1 unspecified atom stereocenters. The van der Waals surface area contributed by atoms with Crippen molar-refractivity contribution < 1.29 is 19.4 Å². The average molecular weight is 319 g/mol. The number of amides is 1. The molecular formula is C18H25NO4. The minimum absolute atomic E-state index is 0.0964. The monoisotopic (exact) mass is 319 g/mol. The van der Waals surface area contributed by atoms with Crippen LogP contribution in [0, 0.1) is 0 Å². The van der Waals surface area contributed by atoms with Crippen molar-refractivity contribution >= 4 is 11.9 Å². The fourth-order valence-corrected chi connectivity index (χ4v) is 3.00. The summed E-state index contributed by atoms with van der Waals surface area (Å²) in [4.78, 5) is 23.3. The van der Waals surface area contributed by atoms with E-state index in [1.54, 1.807) is 0 Å². The van der Waals surface area contributed by atoms with Crippen LogP contribution in [-0.4, -0.2) is 35.7 Å². The highest BCUT2D eigenvalue weighted by Gasteiger charge is 2.38. The largest absolute Gasteiger partial charge is 0.481 e. The maximum atomic E-state index is 12.3. The maximum absolute atomic E-state index is 12.3. The van der Waals surface area contributed by atoms with Crippen LogP contribution in [0.2, 0.25) is 0 Å². The topological polar surface area (TPSA) is 75.6 Å². The van der Waals surface area contributed by atoms with E-state index >= 15 is 0 Å². The van der Waals surface area contributed by atoms with Crippen molar-refractivity contribution in [1.82, 2.24) is 5.32 Å². The van der Waals surface area contributed by atoms with Gasteiger partial charge in [-0.25, -0.2) is 0 Å². The summed E-state index contributed by atoms with van der Waals surface area (Å²) in [5, 5.41) is 12.0. The van der Waals surface area contributed by atoms with Gasteiger partial charge in [0.05, 0.1) is 18.6 Å². The molecule has 1 aromatic carbocycles. The van der Waals surface area contributed by atoms with Crippen molar-refractivity contribution in [1.29, 1.82) is 0 Å². The number of hydrogen-bond acceptors (Lipinski definition) is 3. The molecule has 5 heteroatoms. The molecule has 2 rings (SSSR count). The smallest absolute Gasteiger partial charge is 0.305 e. The van der Waals surface area contributed by atoms with Gasteiger partial charge in [0.1, 0.15) is 0 Å². The number of aliphatic carboxylic acids is 1.